The third-order valence-electron chi connectivity index (χ3n) is 3.77. The Kier molecular flexibility index (Phi) is 5.13. The molecular weight excluding hydrogens is 398 g/mol. The molecule has 1 aromatic carbocycles. The van der Waals surface area contributed by atoms with Crippen molar-refractivity contribution in [2.24, 2.45) is 0 Å². The molecule has 0 atom stereocenters. The lowest BCUT2D eigenvalue weighted by molar-refractivity contribution is -0.113. The highest BCUT2D eigenvalue weighted by atomic mass is 32.2. The highest BCUT2D eigenvalue weighted by Gasteiger charge is 2.14. The first-order valence-corrected chi connectivity index (χ1v) is 10.1. The van der Waals surface area contributed by atoms with Gasteiger partial charge in [0.2, 0.25) is 5.91 Å². The number of nitrogens with one attached hydrogen (secondary N) is 2. The number of fused-ring (bicyclic) bond motifs is 1. The van der Waals surface area contributed by atoms with Crippen molar-refractivity contribution in [3.63, 3.8) is 0 Å². The van der Waals surface area contributed by atoms with Crippen LogP contribution in [0.2, 0.25) is 0 Å². The molecule has 0 radical (unpaired) electrons. The summed E-state index contributed by atoms with van der Waals surface area (Å²) < 4.78 is 6.59. The van der Waals surface area contributed by atoms with Gasteiger partial charge in [-0.1, -0.05) is 17.8 Å². The van der Waals surface area contributed by atoms with Crippen LogP contribution in [0.4, 0.5) is 5.69 Å². The zero-order valence-electron chi connectivity index (χ0n) is 14.7. The number of amides is 1. The van der Waals surface area contributed by atoms with Gasteiger partial charge < -0.3 is 10.1 Å². The predicted octanol–water partition coefficient (Wildman–Crippen LogP) is 2.89. The summed E-state index contributed by atoms with van der Waals surface area (Å²) >= 11 is 2.73. The van der Waals surface area contributed by atoms with Gasteiger partial charge in [0.25, 0.3) is 5.56 Å². The van der Waals surface area contributed by atoms with Crippen molar-refractivity contribution in [1.29, 1.82) is 0 Å². The number of benzene rings is 1. The number of ether oxygens (including phenoxy) is 1. The molecule has 4 rings (SSSR count). The SMILES string of the molecule is COc1ccc(NC(=O)CSc2nc(-c3cccs3)nc3cc(=O)[nH]n23)cc1. The molecule has 1 amide bonds. The van der Waals surface area contributed by atoms with Crippen molar-refractivity contribution in [2.45, 2.75) is 5.16 Å². The molecule has 3 heterocycles. The number of nitrogens with zero attached hydrogens (tertiary/aromatic N) is 3. The van der Waals surface area contributed by atoms with E-state index < -0.39 is 0 Å². The number of thioether (sulfide) groups is 1. The molecule has 2 N–H and O–H groups in total. The molecular formula is C18H15N5O3S2. The molecule has 0 unspecified atom stereocenters. The molecule has 8 nitrogen and oxygen atoms in total. The van der Waals surface area contributed by atoms with Gasteiger partial charge in [0.15, 0.2) is 16.6 Å². The van der Waals surface area contributed by atoms with Crippen LogP contribution >= 0.6 is 23.1 Å². The number of carbonyl (C=O) groups excluding carboxylic acids is 1. The number of H-pyrrole nitrogens is 1. The predicted molar refractivity (Wildman–Crippen MR) is 109 cm³/mol. The van der Waals surface area contributed by atoms with Gasteiger partial charge in [-0.2, -0.15) is 0 Å². The Balaban J connectivity index is 1.53. The smallest absolute Gasteiger partial charge is 0.266 e. The molecule has 0 spiro atoms. The lowest BCUT2D eigenvalue weighted by Crippen LogP contribution is -2.15. The number of thiophene rings is 1. The van der Waals surface area contributed by atoms with E-state index in [2.05, 4.69) is 20.4 Å². The van der Waals surface area contributed by atoms with Gasteiger partial charge in [-0.3, -0.25) is 14.7 Å². The van der Waals surface area contributed by atoms with Gasteiger partial charge in [0, 0.05) is 11.8 Å². The van der Waals surface area contributed by atoms with Crippen LogP contribution in [-0.2, 0) is 4.79 Å². The van der Waals surface area contributed by atoms with E-state index in [4.69, 9.17) is 4.74 Å². The molecule has 0 aliphatic rings. The maximum absolute atomic E-state index is 12.3. The van der Waals surface area contributed by atoms with Gasteiger partial charge in [-0.15, -0.1) is 11.3 Å². The average Bonchev–Trinajstić information content (AvgIpc) is 3.35. The Bertz CT molecular complexity index is 1170. The summed E-state index contributed by atoms with van der Waals surface area (Å²) in [7, 11) is 1.59. The summed E-state index contributed by atoms with van der Waals surface area (Å²) in [6.07, 6.45) is 0. The fourth-order valence-corrected chi connectivity index (χ4v) is 3.91. The van der Waals surface area contributed by atoms with Gasteiger partial charge >= 0.3 is 0 Å². The van der Waals surface area contributed by atoms with Crippen LogP contribution in [0, 0.1) is 0 Å². The Labute approximate surface area is 167 Å². The lowest BCUT2D eigenvalue weighted by atomic mass is 10.3. The van der Waals surface area contributed by atoms with Gasteiger partial charge in [-0.25, -0.2) is 14.5 Å². The van der Waals surface area contributed by atoms with Crippen LogP contribution in [0.15, 0.2) is 57.8 Å². The minimum atomic E-state index is -0.276. The first-order valence-electron chi connectivity index (χ1n) is 8.23. The average molecular weight is 413 g/mol. The maximum atomic E-state index is 12.3. The first kappa shape index (κ1) is 18.3. The number of methoxy groups -OCH3 is 1. The second-order valence-electron chi connectivity index (χ2n) is 5.69. The van der Waals surface area contributed by atoms with Crippen LogP contribution in [0.5, 0.6) is 5.75 Å². The van der Waals surface area contributed by atoms with Crippen molar-refractivity contribution in [2.75, 3.05) is 18.2 Å². The molecule has 0 saturated heterocycles. The number of carbonyl (C=O) groups is 1. The number of anilines is 1. The monoisotopic (exact) mass is 413 g/mol. The summed E-state index contributed by atoms with van der Waals surface area (Å²) in [6.45, 7) is 0. The minimum Gasteiger partial charge on any atom is -0.497 e. The largest absolute Gasteiger partial charge is 0.497 e. The molecule has 142 valence electrons. The Morgan fingerprint density at radius 2 is 2.11 bits per heavy atom. The van der Waals surface area contributed by atoms with Crippen LogP contribution in [-0.4, -0.2) is 38.4 Å². The molecule has 28 heavy (non-hydrogen) atoms. The molecule has 0 aliphatic heterocycles. The fraction of sp³-hybridized carbons (Fsp3) is 0.111. The van der Waals surface area contributed by atoms with E-state index in [-0.39, 0.29) is 17.2 Å². The van der Waals surface area contributed by atoms with Crippen molar-refractivity contribution in [1.82, 2.24) is 19.6 Å². The van der Waals surface area contributed by atoms with E-state index in [0.29, 0.717) is 28.1 Å². The molecule has 0 saturated carbocycles. The molecule has 0 bridgehead atoms. The second-order valence-corrected chi connectivity index (χ2v) is 7.58. The molecule has 3 aromatic heterocycles. The van der Waals surface area contributed by atoms with Gasteiger partial charge in [0.1, 0.15) is 5.75 Å². The van der Waals surface area contributed by atoms with E-state index in [1.54, 1.807) is 31.4 Å². The van der Waals surface area contributed by atoms with E-state index in [1.807, 2.05) is 17.5 Å². The lowest BCUT2D eigenvalue weighted by Gasteiger charge is -2.08. The van der Waals surface area contributed by atoms with Crippen molar-refractivity contribution < 1.29 is 9.53 Å². The Morgan fingerprint density at radius 3 is 2.82 bits per heavy atom. The first-order chi connectivity index (χ1) is 13.6. The fourth-order valence-electron chi connectivity index (χ4n) is 2.50. The minimum absolute atomic E-state index is 0.127. The zero-order valence-corrected chi connectivity index (χ0v) is 16.3. The second kappa shape index (κ2) is 7.87. The zero-order chi connectivity index (χ0) is 19.5. The third-order valence-corrected chi connectivity index (χ3v) is 5.58. The number of hydrogen-bond acceptors (Lipinski definition) is 7. The van der Waals surface area contributed by atoms with E-state index in [9.17, 15) is 9.59 Å². The van der Waals surface area contributed by atoms with E-state index in [0.717, 1.165) is 4.88 Å². The summed E-state index contributed by atoms with van der Waals surface area (Å²) in [4.78, 5) is 33.9. The number of rotatable bonds is 6. The van der Waals surface area contributed by atoms with Crippen LogP contribution < -0.4 is 15.6 Å². The van der Waals surface area contributed by atoms with Gasteiger partial charge in [-0.05, 0) is 35.7 Å². The Hall–Kier alpha value is -3.11. The summed E-state index contributed by atoms with van der Waals surface area (Å²) in [5.41, 5.74) is 0.858. The number of aromatic nitrogens is 4. The molecule has 4 aromatic rings. The standard InChI is InChI=1S/C18H15N5O3S2/c1-26-12-6-4-11(5-7-12)19-16(25)10-28-18-21-17(13-3-2-8-27-13)20-14-9-15(24)22-23(14)18/h2-9H,10H2,1H3,(H,19,25)(H,22,24). The number of hydrogen-bond donors (Lipinski definition) is 2. The summed E-state index contributed by atoms with van der Waals surface area (Å²) in [5, 5.41) is 7.90. The van der Waals surface area contributed by atoms with Gasteiger partial charge in [0.05, 0.1) is 17.7 Å². The summed E-state index contributed by atoms with van der Waals surface area (Å²) in [6, 6.07) is 12.3. The van der Waals surface area contributed by atoms with Crippen LogP contribution in [0.25, 0.3) is 16.3 Å². The third kappa shape index (κ3) is 3.92. The van der Waals surface area contributed by atoms with Crippen molar-refractivity contribution in [3.8, 4) is 16.5 Å². The maximum Gasteiger partial charge on any atom is 0.266 e. The van der Waals surface area contributed by atoms with Crippen LogP contribution in [0.1, 0.15) is 0 Å². The molecule has 10 heteroatoms. The highest BCUT2D eigenvalue weighted by Crippen LogP contribution is 2.25. The van der Waals surface area contributed by atoms with E-state index >= 15 is 0 Å². The molecule has 0 aliphatic carbocycles. The topological polar surface area (TPSA) is 101 Å². The number of aromatic amines is 1. The highest BCUT2D eigenvalue weighted by molar-refractivity contribution is 7.99. The van der Waals surface area contributed by atoms with Crippen LogP contribution in [0.3, 0.4) is 0 Å². The van der Waals surface area contributed by atoms with Crippen molar-refractivity contribution >= 4 is 40.3 Å². The normalized spacial score (nSPS) is 10.9. The van der Waals surface area contributed by atoms with E-state index in [1.165, 1.54) is 33.7 Å². The Morgan fingerprint density at radius 1 is 1.29 bits per heavy atom. The summed E-state index contributed by atoms with van der Waals surface area (Å²) in [5.74, 6) is 1.18. The van der Waals surface area contributed by atoms with Crippen molar-refractivity contribution in [3.05, 3.63) is 58.2 Å². The quantitative estimate of drug-likeness (QED) is 0.472. The molecule has 0 fully saturated rings.